The summed E-state index contributed by atoms with van der Waals surface area (Å²) >= 11 is 0. The number of fused-ring (bicyclic) bond motifs is 1. The van der Waals surface area contributed by atoms with Crippen molar-refractivity contribution in [2.75, 3.05) is 23.3 Å². The number of benzene rings is 3. The van der Waals surface area contributed by atoms with Gasteiger partial charge in [-0.05, 0) is 36.2 Å². The summed E-state index contributed by atoms with van der Waals surface area (Å²) in [6.45, 7) is 5.61. The first-order valence-corrected chi connectivity index (χ1v) is 11.8. The number of nitrogens with one attached hydrogen (secondary N) is 1. The van der Waals surface area contributed by atoms with E-state index in [1.165, 1.54) is 17.5 Å². The van der Waals surface area contributed by atoms with Crippen molar-refractivity contribution in [3.63, 3.8) is 0 Å². The van der Waals surface area contributed by atoms with Crippen molar-refractivity contribution in [2.45, 2.75) is 6.92 Å². The molecule has 168 valence electrons. The van der Waals surface area contributed by atoms with Gasteiger partial charge in [0, 0.05) is 11.1 Å². The van der Waals surface area contributed by atoms with Gasteiger partial charge >= 0.3 is 0 Å². The number of hydrogen-bond donors (Lipinski definition) is 1. The van der Waals surface area contributed by atoms with Crippen LogP contribution in [0.25, 0.3) is 5.57 Å². The molecule has 7 heteroatoms. The largest absolute Gasteiger partial charge is 0.495 e. The Balaban J connectivity index is 1.98. The number of para-hydroxylation sites is 1. The molecule has 1 amide bonds. The zero-order valence-electron chi connectivity index (χ0n) is 18.4. The van der Waals surface area contributed by atoms with Crippen molar-refractivity contribution in [3.05, 3.63) is 107 Å². The van der Waals surface area contributed by atoms with Gasteiger partial charge < -0.3 is 10.1 Å². The van der Waals surface area contributed by atoms with Crippen LogP contribution < -0.4 is 14.4 Å². The molecule has 0 saturated heterocycles. The van der Waals surface area contributed by atoms with Crippen LogP contribution >= 0.6 is 0 Å². The molecule has 0 unspecified atom stereocenters. The molecule has 1 aliphatic rings. The second-order valence-corrected chi connectivity index (χ2v) is 9.37. The summed E-state index contributed by atoms with van der Waals surface area (Å²) in [4.78, 5) is 13.3. The SMILES string of the molecule is C=CCN1c2ccccc2C(c2ccccc2)=C(C(=O)Nc2cc(C)ccc2OC)S1(=O)=O. The predicted octanol–water partition coefficient (Wildman–Crippen LogP) is 4.74. The maximum Gasteiger partial charge on any atom is 0.270 e. The number of anilines is 2. The number of hydrogen-bond acceptors (Lipinski definition) is 4. The van der Waals surface area contributed by atoms with Crippen LogP contribution in [-0.4, -0.2) is 28.0 Å². The van der Waals surface area contributed by atoms with Gasteiger partial charge in [0.25, 0.3) is 15.9 Å². The highest BCUT2D eigenvalue weighted by Crippen LogP contribution is 2.43. The molecule has 0 radical (unpaired) electrons. The Kier molecular flexibility index (Phi) is 6.07. The van der Waals surface area contributed by atoms with Crippen LogP contribution in [0.4, 0.5) is 11.4 Å². The molecule has 3 aromatic carbocycles. The molecule has 0 atom stereocenters. The van der Waals surface area contributed by atoms with Crippen molar-refractivity contribution in [3.8, 4) is 5.75 Å². The highest BCUT2D eigenvalue weighted by atomic mass is 32.2. The molecule has 33 heavy (non-hydrogen) atoms. The van der Waals surface area contributed by atoms with Gasteiger partial charge in [0.15, 0.2) is 4.91 Å². The molecule has 0 fully saturated rings. The maximum atomic E-state index is 13.8. The van der Waals surface area contributed by atoms with Gasteiger partial charge in [-0.15, -0.1) is 6.58 Å². The van der Waals surface area contributed by atoms with Gasteiger partial charge in [-0.25, -0.2) is 8.42 Å². The van der Waals surface area contributed by atoms with Crippen LogP contribution in [0, 0.1) is 6.92 Å². The lowest BCUT2D eigenvalue weighted by atomic mass is 9.95. The molecule has 0 aliphatic carbocycles. The molecule has 1 heterocycles. The Morgan fingerprint density at radius 3 is 2.45 bits per heavy atom. The Morgan fingerprint density at radius 2 is 1.76 bits per heavy atom. The molecule has 0 spiro atoms. The van der Waals surface area contributed by atoms with Crippen molar-refractivity contribution < 1.29 is 17.9 Å². The van der Waals surface area contributed by atoms with Crippen LogP contribution in [0.15, 0.2) is 90.4 Å². The number of rotatable bonds is 6. The fourth-order valence-corrected chi connectivity index (χ4v) is 5.64. The minimum atomic E-state index is -4.20. The lowest BCUT2D eigenvalue weighted by molar-refractivity contribution is -0.112. The van der Waals surface area contributed by atoms with E-state index in [1.807, 2.05) is 43.3 Å². The number of amides is 1. The van der Waals surface area contributed by atoms with Gasteiger partial charge in [0.1, 0.15) is 5.75 Å². The number of ether oxygens (including phenoxy) is 1. The monoisotopic (exact) mass is 460 g/mol. The van der Waals surface area contributed by atoms with E-state index in [0.717, 1.165) is 5.56 Å². The van der Waals surface area contributed by atoms with Gasteiger partial charge in [-0.1, -0.05) is 60.7 Å². The second kappa shape index (κ2) is 8.96. The van der Waals surface area contributed by atoms with Crippen molar-refractivity contribution in [2.24, 2.45) is 0 Å². The van der Waals surface area contributed by atoms with Gasteiger partial charge in [-0.2, -0.15) is 0 Å². The fraction of sp³-hybridized carbons (Fsp3) is 0.115. The first-order valence-electron chi connectivity index (χ1n) is 10.4. The molecule has 0 aromatic heterocycles. The number of aryl methyl sites for hydroxylation is 1. The van der Waals surface area contributed by atoms with Crippen molar-refractivity contribution in [1.82, 2.24) is 0 Å². The zero-order chi connectivity index (χ0) is 23.6. The van der Waals surface area contributed by atoms with E-state index < -0.39 is 15.9 Å². The molecule has 0 bridgehead atoms. The molecule has 3 aromatic rings. The fourth-order valence-electron chi connectivity index (χ4n) is 3.93. The first kappa shape index (κ1) is 22.4. The van der Waals surface area contributed by atoms with E-state index in [9.17, 15) is 13.2 Å². The Morgan fingerprint density at radius 1 is 1.06 bits per heavy atom. The molecular weight excluding hydrogens is 436 g/mol. The minimum absolute atomic E-state index is 0.0337. The van der Waals surface area contributed by atoms with E-state index in [2.05, 4.69) is 11.9 Å². The molecule has 4 rings (SSSR count). The van der Waals surface area contributed by atoms with Crippen molar-refractivity contribution in [1.29, 1.82) is 0 Å². The third-order valence-corrected chi connectivity index (χ3v) is 7.22. The summed E-state index contributed by atoms with van der Waals surface area (Å²) in [5.74, 6) is -0.298. The van der Waals surface area contributed by atoms with E-state index in [-0.39, 0.29) is 11.4 Å². The highest BCUT2D eigenvalue weighted by molar-refractivity contribution is 7.97. The van der Waals surface area contributed by atoms with E-state index in [4.69, 9.17) is 4.74 Å². The highest BCUT2D eigenvalue weighted by Gasteiger charge is 2.41. The van der Waals surface area contributed by atoms with Crippen LogP contribution in [-0.2, 0) is 14.8 Å². The molecule has 1 N–H and O–H groups in total. The van der Waals surface area contributed by atoms with E-state index in [1.54, 1.807) is 36.4 Å². The summed E-state index contributed by atoms with van der Waals surface area (Å²) < 4.78 is 34.2. The summed E-state index contributed by atoms with van der Waals surface area (Å²) in [5, 5.41) is 2.77. The Bertz CT molecular complexity index is 1360. The van der Waals surface area contributed by atoms with Crippen molar-refractivity contribution >= 4 is 32.9 Å². The number of nitrogens with zero attached hydrogens (tertiary/aromatic N) is 1. The normalized spacial score (nSPS) is 14.4. The number of carbonyl (C=O) groups excluding carboxylic acids is 1. The molecular formula is C26H24N2O4S. The average Bonchev–Trinajstić information content (AvgIpc) is 2.81. The third-order valence-electron chi connectivity index (χ3n) is 5.38. The minimum Gasteiger partial charge on any atom is -0.495 e. The second-order valence-electron chi connectivity index (χ2n) is 7.57. The first-order chi connectivity index (χ1) is 15.9. The standard InChI is InChI=1S/C26H24N2O4S/c1-4-16-28-22-13-9-8-12-20(22)24(19-10-6-5-7-11-19)25(33(28,30)31)26(29)27-21-17-18(2)14-15-23(21)32-3/h4-15,17H,1,16H2,2-3H3,(H,27,29). The molecule has 0 saturated carbocycles. The lowest BCUT2D eigenvalue weighted by Crippen LogP contribution is -2.39. The van der Waals surface area contributed by atoms with Crippen LogP contribution in [0.3, 0.4) is 0 Å². The number of methoxy groups -OCH3 is 1. The molecule has 6 nitrogen and oxygen atoms in total. The topological polar surface area (TPSA) is 75.7 Å². The Labute approximate surface area is 193 Å². The smallest absolute Gasteiger partial charge is 0.270 e. The van der Waals surface area contributed by atoms with Crippen LogP contribution in [0.2, 0.25) is 0 Å². The maximum absolute atomic E-state index is 13.8. The van der Waals surface area contributed by atoms with Gasteiger partial charge in [-0.3, -0.25) is 9.10 Å². The summed E-state index contributed by atoms with van der Waals surface area (Å²) in [6, 6.07) is 21.5. The summed E-state index contributed by atoms with van der Waals surface area (Å²) in [5.41, 5.74) is 3.44. The number of sulfonamides is 1. The lowest BCUT2D eigenvalue weighted by Gasteiger charge is -2.32. The zero-order valence-corrected chi connectivity index (χ0v) is 19.2. The van der Waals surface area contributed by atoms with Crippen LogP contribution in [0.5, 0.6) is 5.75 Å². The molecule has 1 aliphatic heterocycles. The quantitative estimate of drug-likeness (QED) is 0.539. The average molecular weight is 461 g/mol. The van der Waals surface area contributed by atoms with Crippen LogP contribution in [0.1, 0.15) is 16.7 Å². The summed E-state index contributed by atoms with van der Waals surface area (Å²) in [6.07, 6.45) is 1.50. The van der Waals surface area contributed by atoms with E-state index >= 15 is 0 Å². The number of carbonyl (C=O) groups is 1. The van der Waals surface area contributed by atoms with Gasteiger partial charge in [0.05, 0.1) is 25.0 Å². The Hall–Kier alpha value is -3.84. The van der Waals surface area contributed by atoms with E-state index in [0.29, 0.717) is 33.8 Å². The van der Waals surface area contributed by atoms with Gasteiger partial charge in [0.2, 0.25) is 0 Å². The summed E-state index contributed by atoms with van der Waals surface area (Å²) in [7, 11) is -2.70. The predicted molar refractivity (Wildman–Crippen MR) is 132 cm³/mol. The third kappa shape index (κ3) is 4.03.